The molecular formula is C17H13ClN4O2S. The molecule has 0 aliphatic heterocycles. The summed E-state index contributed by atoms with van der Waals surface area (Å²) in [5, 5.41) is 6.34. The first-order valence-corrected chi connectivity index (χ1v) is 8.48. The second-order valence-electron chi connectivity index (χ2n) is 5.09. The second kappa shape index (κ2) is 7.42. The number of aromatic nitrogens is 2. The van der Waals surface area contributed by atoms with E-state index in [0.717, 1.165) is 11.3 Å². The summed E-state index contributed by atoms with van der Waals surface area (Å²) in [7, 11) is 0. The monoisotopic (exact) mass is 372 g/mol. The molecule has 0 saturated heterocycles. The van der Waals surface area contributed by atoms with Gasteiger partial charge in [-0.15, -0.1) is 0 Å². The lowest BCUT2D eigenvalue weighted by molar-refractivity contribution is 0.102. The molecule has 2 amide bonds. The highest BCUT2D eigenvalue weighted by Gasteiger charge is 2.17. The number of anilines is 2. The number of carbonyl (C=O) groups is 2. The molecule has 0 aliphatic rings. The normalized spacial score (nSPS) is 10.3. The van der Waals surface area contributed by atoms with E-state index in [2.05, 4.69) is 20.6 Å². The SMILES string of the molecule is Cc1nc(NC(=O)c2ccncc2)sc1C(=O)Nc1cccc(Cl)c1. The van der Waals surface area contributed by atoms with Crippen molar-refractivity contribution in [1.82, 2.24) is 9.97 Å². The fraction of sp³-hybridized carbons (Fsp3) is 0.0588. The van der Waals surface area contributed by atoms with E-state index in [4.69, 9.17) is 11.6 Å². The van der Waals surface area contributed by atoms with Crippen LogP contribution < -0.4 is 10.6 Å². The molecule has 2 heterocycles. The van der Waals surface area contributed by atoms with Gasteiger partial charge in [-0.2, -0.15) is 0 Å². The number of thiazole rings is 1. The molecule has 0 aliphatic carbocycles. The molecule has 0 fully saturated rings. The molecule has 0 unspecified atom stereocenters. The Kier molecular flexibility index (Phi) is 5.06. The highest BCUT2D eigenvalue weighted by molar-refractivity contribution is 7.17. The van der Waals surface area contributed by atoms with E-state index in [0.29, 0.717) is 32.0 Å². The fourth-order valence-corrected chi connectivity index (χ4v) is 3.13. The van der Waals surface area contributed by atoms with Gasteiger partial charge in [0.25, 0.3) is 11.8 Å². The van der Waals surface area contributed by atoms with E-state index < -0.39 is 0 Å². The van der Waals surface area contributed by atoms with Crippen LogP contribution in [0.25, 0.3) is 0 Å². The van der Waals surface area contributed by atoms with Gasteiger partial charge in [-0.05, 0) is 37.3 Å². The van der Waals surface area contributed by atoms with Gasteiger partial charge in [-0.3, -0.25) is 19.9 Å². The fourth-order valence-electron chi connectivity index (χ4n) is 2.09. The predicted molar refractivity (Wildman–Crippen MR) is 98.4 cm³/mol. The van der Waals surface area contributed by atoms with Crippen LogP contribution in [0.4, 0.5) is 10.8 Å². The van der Waals surface area contributed by atoms with Crippen molar-refractivity contribution in [3.8, 4) is 0 Å². The van der Waals surface area contributed by atoms with Crippen LogP contribution in [0, 0.1) is 6.92 Å². The summed E-state index contributed by atoms with van der Waals surface area (Å²) in [4.78, 5) is 33.1. The Morgan fingerprint density at radius 2 is 1.84 bits per heavy atom. The Morgan fingerprint density at radius 1 is 1.08 bits per heavy atom. The topological polar surface area (TPSA) is 84.0 Å². The lowest BCUT2D eigenvalue weighted by Gasteiger charge is -2.04. The molecule has 3 aromatic rings. The number of carbonyl (C=O) groups excluding carboxylic acids is 2. The van der Waals surface area contributed by atoms with Crippen LogP contribution in [-0.2, 0) is 0 Å². The molecule has 25 heavy (non-hydrogen) atoms. The van der Waals surface area contributed by atoms with Gasteiger partial charge >= 0.3 is 0 Å². The van der Waals surface area contributed by atoms with Crippen molar-refractivity contribution in [2.45, 2.75) is 6.92 Å². The van der Waals surface area contributed by atoms with Crippen LogP contribution in [0.1, 0.15) is 25.7 Å². The summed E-state index contributed by atoms with van der Waals surface area (Å²) in [6, 6.07) is 10.1. The maximum atomic E-state index is 12.4. The first-order chi connectivity index (χ1) is 12.0. The maximum absolute atomic E-state index is 12.4. The van der Waals surface area contributed by atoms with Gasteiger partial charge in [0.2, 0.25) is 0 Å². The van der Waals surface area contributed by atoms with Crippen LogP contribution in [0.5, 0.6) is 0 Å². The number of nitrogens with one attached hydrogen (secondary N) is 2. The van der Waals surface area contributed by atoms with Crippen LogP contribution in [0.3, 0.4) is 0 Å². The van der Waals surface area contributed by atoms with Crippen molar-refractivity contribution < 1.29 is 9.59 Å². The largest absolute Gasteiger partial charge is 0.321 e. The smallest absolute Gasteiger partial charge is 0.267 e. The zero-order valence-corrected chi connectivity index (χ0v) is 14.7. The minimum Gasteiger partial charge on any atom is -0.321 e. The Bertz CT molecular complexity index is 927. The highest BCUT2D eigenvalue weighted by atomic mass is 35.5. The van der Waals surface area contributed by atoms with Crippen LogP contribution in [0.2, 0.25) is 5.02 Å². The number of aryl methyl sites for hydroxylation is 1. The van der Waals surface area contributed by atoms with E-state index in [1.165, 1.54) is 12.4 Å². The van der Waals surface area contributed by atoms with Gasteiger partial charge < -0.3 is 5.32 Å². The van der Waals surface area contributed by atoms with E-state index in [1.54, 1.807) is 43.3 Å². The molecule has 126 valence electrons. The summed E-state index contributed by atoms with van der Waals surface area (Å²) in [5.41, 5.74) is 1.59. The Labute approximate surface area is 152 Å². The Balaban J connectivity index is 1.73. The molecular weight excluding hydrogens is 360 g/mol. The Morgan fingerprint density at radius 3 is 2.56 bits per heavy atom. The van der Waals surface area contributed by atoms with Gasteiger partial charge in [-0.25, -0.2) is 4.98 Å². The van der Waals surface area contributed by atoms with E-state index in [-0.39, 0.29) is 11.8 Å². The highest BCUT2D eigenvalue weighted by Crippen LogP contribution is 2.25. The van der Waals surface area contributed by atoms with E-state index in [9.17, 15) is 9.59 Å². The molecule has 1 aromatic carbocycles. The molecule has 0 spiro atoms. The summed E-state index contributed by atoms with van der Waals surface area (Å²) < 4.78 is 0. The second-order valence-corrected chi connectivity index (χ2v) is 6.52. The molecule has 0 atom stereocenters. The number of amides is 2. The molecule has 8 heteroatoms. The van der Waals surface area contributed by atoms with E-state index >= 15 is 0 Å². The third kappa shape index (κ3) is 4.20. The number of rotatable bonds is 4. The van der Waals surface area contributed by atoms with Crippen molar-refractivity contribution in [2.24, 2.45) is 0 Å². The first-order valence-electron chi connectivity index (χ1n) is 7.28. The summed E-state index contributed by atoms with van der Waals surface area (Å²) in [5.74, 6) is -0.611. The number of pyridine rings is 1. The summed E-state index contributed by atoms with van der Waals surface area (Å²) in [6.07, 6.45) is 3.07. The van der Waals surface area contributed by atoms with Gasteiger partial charge in [0.15, 0.2) is 5.13 Å². The van der Waals surface area contributed by atoms with Crippen molar-refractivity contribution in [3.63, 3.8) is 0 Å². The van der Waals surface area contributed by atoms with Crippen LogP contribution in [0.15, 0.2) is 48.8 Å². The van der Waals surface area contributed by atoms with Crippen molar-refractivity contribution in [2.75, 3.05) is 10.6 Å². The molecule has 0 saturated carbocycles. The number of benzene rings is 1. The van der Waals surface area contributed by atoms with Crippen molar-refractivity contribution in [3.05, 3.63) is 69.9 Å². The molecule has 2 aromatic heterocycles. The zero-order valence-electron chi connectivity index (χ0n) is 13.1. The van der Waals surface area contributed by atoms with Crippen molar-refractivity contribution in [1.29, 1.82) is 0 Å². The van der Waals surface area contributed by atoms with Gasteiger partial charge in [0.05, 0.1) is 5.69 Å². The third-order valence-corrected chi connectivity index (χ3v) is 4.56. The average molecular weight is 373 g/mol. The molecule has 3 rings (SSSR count). The molecule has 6 nitrogen and oxygen atoms in total. The van der Waals surface area contributed by atoms with Gasteiger partial charge in [0.1, 0.15) is 4.88 Å². The number of hydrogen-bond donors (Lipinski definition) is 2. The van der Waals surface area contributed by atoms with Crippen LogP contribution >= 0.6 is 22.9 Å². The maximum Gasteiger partial charge on any atom is 0.267 e. The first kappa shape index (κ1) is 17.1. The quantitative estimate of drug-likeness (QED) is 0.724. The predicted octanol–water partition coefficient (Wildman–Crippen LogP) is 4.00. The molecule has 0 bridgehead atoms. The number of halogens is 1. The number of nitrogens with zero attached hydrogens (tertiary/aromatic N) is 2. The average Bonchev–Trinajstić information content (AvgIpc) is 2.96. The lowest BCUT2D eigenvalue weighted by Crippen LogP contribution is -2.11. The van der Waals surface area contributed by atoms with Crippen LogP contribution in [-0.4, -0.2) is 21.8 Å². The standard InChI is InChI=1S/C17H13ClN4O2S/c1-10-14(16(24)21-13-4-2-3-12(18)9-13)25-17(20-10)22-15(23)11-5-7-19-8-6-11/h2-9H,1H3,(H,21,24)(H,20,22,23). The summed E-state index contributed by atoms with van der Waals surface area (Å²) in [6.45, 7) is 1.71. The zero-order chi connectivity index (χ0) is 17.8. The van der Waals surface area contributed by atoms with E-state index in [1.807, 2.05) is 0 Å². The van der Waals surface area contributed by atoms with Gasteiger partial charge in [-0.1, -0.05) is 29.0 Å². The van der Waals surface area contributed by atoms with Gasteiger partial charge in [0, 0.05) is 28.7 Å². The Hall–Kier alpha value is -2.77. The molecule has 2 N–H and O–H groups in total. The summed E-state index contributed by atoms with van der Waals surface area (Å²) >= 11 is 7.02. The minimum absolute atomic E-state index is 0.304. The van der Waals surface area contributed by atoms with Crippen molar-refractivity contribution >= 4 is 45.6 Å². The third-order valence-electron chi connectivity index (χ3n) is 3.25. The molecule has 0 radical (unpaired) electrons. The minimum atomic E-state index is -0.307. The lowest BCUT2D eigenvalue weighted by atomic mass is 10.2. The number of hydrogen-bond acceptors (Lipinski definition) is 5.